The van der Waals surface area contributed by atoms with Crippen LogP contribution < -0.4 is 5.32 Å². The molecule has 2 amide bonds. The fourth-order valence-electron chi connectivity index (χ4n) is 1.50. The first-order chi connectivity index (χ1) is 7.52. The van der Waals surface area contributed by atoms with Gasteiger partial charge in [0.05, 0.1) is 13.2 Å². The molecular weight excluding hydrogens is 208 g/mol. The van der Waals surface area contributed by atoms with Gasteiger partial charge in [0.1, 0.15) is 6.04 Å². The number of amides is 2. The number of rotatable bonds is 3. The summed E-state index contributed by atoms with van der Waals surface area (Å²) in [4.78, 5) is 25.1. The zero-order valence-corrected chi connectivity index (χ0v) is 10.2. The van der Waals surface area contributed by atoms with E-state index in [1.54, 1.807) is 25.7 Å². The summed E-state index contributed by atoms with van der Waals surface area (Å²) in [7, 11) is 0. The Hall–Kier alpha value is -1.10. The van der Waals surface area contributed by atoms with Crippen LogP contribution in [0.2, 0.25) is 0 Å². The average Bonchev–Trinajstić information content (AvgIpc) is 2.28. The summed E-state index contributed by atoms with van der Waals surface area (Å²) in [6.07, 6.45) is 0. The van der Waals surface area contributed by atoms with E-state index >= 15 is 0 Å². The predicted molar refractivity (Wildman–Crippen MR) is 59.8 cm³/mol. The Kier molecular flexibility index (Phi) is 4.73. The predicted octanol–water partition coefficient (Wildman–Crippen LogP) is 0.00590. The van der Waals surface area contributed by atoms with Crippen LogP contribution in [0.15, 0.2) is 0 Å². The van der Waals surface area contributed by atoms with Crippen molar-refractivity contribution in [3.63, 3.8) is 0 Å². The van der Waals surface area contributed by atoms with Gasteiger partial charge in [-0.25, -0.2) is 0 Å². The third-order valence-electron chi connectivity index (χ3n) is 2.58. The Morgan fingerprint density at radius 2 is 1.75 bits per heavy atom. The van der Waals surface area contributed by atoms with E-state index in [0.717, 1.165) is 0 Å². The van der Waals surface area contributed by atoms with Crippen molar-refractivity contribution in [1.82, 2.24) is 10.2 Å². The first-order valence-electron chi connectivity index (χ1n) is 5.69. The molecule has 1 fully saturated rings. The molecule has 1 heterocycles. The van der Waals surface area contributed by atoms with Gasteiger partial charge < -0.3 is 15.0 Å². The Labute approximate surface area is 96.1 Å². The van der Waals surface area contributed by atoms with Crippen molar-refractivity contribution in [2.75, 3.05) is 26.3 Å². The highest BCUT2D eigenvalue weighted by Gasteiger charge is 2.24. The minimum atomic E-state index is -0.451. The van der Waals surface area contributed by atoms with Crippen LogP contribution in [0.5, 0.6) is 0 Å². The van der Waals surface area contributed by atoms with Crippen molar-refractivity contribution >= 4 is 11.8 Å². The molecule has 1 N–H and O–H groups in total. The van der Waals surface area contributed by atoms with Crippen LogP contribution in [0, 0.1) is 5.92 Å². The maximum atomic E-state index is 11.9. The SMILES string of the molecule is CC(C)C(=O)N[C@@H](C)C(=O)N1CCOCC1. The number of morpholine rings is 1. The number of nitrogens with zero attached hydrogens (tertiary/aromatic N) is 1. The Morgan fingerprint density at radius 3 is 2.25 bits per heavy atom. The lowest BCUT2D eigenvalue weighted by Gasteiger charge is -2.29. The lowest BCUT2D eigenvalue weighted by molar-refractivity contribution is -0.139. The van der Waals surface area contributed by atoms with Gasteiger partial charge in [-0.2, -0.15) is 0 Å². The van der Waals surface area contributed by atoms with Gasteiger partial charge in [0, 0.05) is 19.0 Å². The average molecular weight is 228 g/mol. The van der Waals surface area contributed by atoms with Crippen LogP contribution in [0.4, 0.5) is 0 Å². The van der Waals surface area contributed by atoms with Crippen LogP contribution in [-0.4, -0.2) is 49.1 Å². The molecule has 0 spiro atoms. The van der Waals surface area contributed by atoms with Crippen LogP contribution >= 0.6 is 0 Å². The minimum Gasteiger partial charge on any atom is -0.378 e. The van der Waals surface area contributed by atoms with Gasteiger partial charge in [-0.1, -0.05) is 13.8 Å². The summed E-state index contributed by atoms with van der Waals surface area (Å²) in [5, 5.41) is 2.71. The molecule has 0 aromatic heterocycles. The summed E-state index contributed by atoms with van der Waals surface area (Å²) in [5.74, 6) is -0.216. The van der Waals surface area contributed by atoms with Gasteiger partial charge in [0.25, 0.3) is 0 Å². The lowest BCUT2D eigenvalue weighted by Crippen LogP contribution is -2.51. The zero-order chi connectivity index (χ0) is 12.1. The molecule has 92 valence electrons. The maximum Gasteiger partial charge on any atom is 0.245 e. The summed E-state index contributed by atoms with van der Waals surface area (Å²) in [6, 6.07) is -0.451. The van der Waals surface area contributed by atoms with E-state index in [2.05, 4.69) is 5.32 Å². The number of hydrogen-bond acceptors (Lipinski definition) is 3. The Morgan fingerprint density at radius 1 is 1.19 bits per heavy atom. The molecule has 0 radical (unpaired) electrons. The quantitative estimate of drug-likeness (QED) is 0.740. The molecule has 0 aromatic carbocycles. The largest absolute Gasteiger partial charge is 0.378 e. The van der Waals surface area contributed by atoms with Gasteiger partial charge in [-0.15, -0.1) is 0 Å². The lowest BCUT2D eigenvalue weighted by atomic mass is 10.2. The number of ether oxygens (including phenoxy) is 1. The number of hydrogen-bond donors (Lipinski definition) is 1. The van der Waals surface area contributed by atoms with Gasteiger partial charge in [-0.3, -0.25) is 9.59 Å². The normalized spacial score (nSPS) is 18.4. The number of carbonyl (C=O) groups is 2. The summed E-state index contributed by atoms with van der Waals surface area (Å²) < 4.78 is 5.17. The van der Waals surface area contributed by atoms with Crippen molar-refractivity contribution in [1.29, 1.82) is 0 Å². The molecular formula is C11H20N2O3. The second-order valence-electron chi connectivity index (χ2n) is 4.32. The third-order valence-corrected chi connectivity index (χ3v) is 2.58. The Balaban J connectivity index is 2.43. The molecule has 5 nitrogen and oxygen atoms in total. The van der Waals surface area contributed by atoms with E-state index in [1.165, 1.54) is 0 Å². The maximum absolute atomic E-state index is 11.9. The van der Waals surface area contributed by atoms with Crippen LogP contribution in [0.25, 0.3) is 0 Å². The number of carbonyl (C=O) groups excluding carboxylic acids is 2. The van der Waals surface area contributed by atoms with Crippen molar-refractivity contribution in [2.45, 2.75) is 26.8 Å². The molecule has 0 unspecified atom stereocenters. The van der Waals surface area contributed by atoms with Crippen molar-refractivity contribution < 1.29 is 14.3 Å². The molecule has 0 bridgehead atoms. The third kappa shape index (κ3) is 3.48. The molecule has 16 heavy (non-hydrogen) atoms. The van der Waals surface area contributed by atoms with E-state index in [9.17, 15) is 9.59 Å². The topological polar surface area (TPSA) is 58.6 Å². The molecule has 1 aliphatic rings. The molecule has 1 rings (SSSR count). The van der Waals surface area contributed by atoms with E-state index in [4.69, 9.17) is 4.74 Å². The molecule has 1 atom stereocenters. The van der Waals surface area contributed by atoms with Gasteiger partial charge in [0.15, 0.2) is 0 Å². The van der Waals surface area contributed by atoms with Crippen LogP contribution in [-0.2, 0) is 14.3 Å². The fourth-order valence-corrected chi connectivity index (χ4v) is 1.50. The second kappa shape index (κ2) is 5.84. The molecule has 0 aromatic rings. The summed E-state index contributed by atoms with van der Waals surface area (Å²) in [6.45, 7) is 7.72. The van der Waals surface area contributed by atoms with Crippen molar-refractivity contribution in [3.05, 3.63) is 0 Å². The molecule has 1 aliphatic heterocycles. The van der Waals surface area contributed by atoms with Gasteiger partial charge in [-0.05, 0) is 6.92 Å². The smallest absolute Gasteiger partial charge is 0.245 e. The second-order valence-corrected chi connectivity index (χ2v) is 4.32. The van der Waals surface area contributed by atoms with E-state index < -0.39 is 6.04 Å². The standard InChI is InChI=1S/C11H20N2O3/c1-8(2)10(14)12-9(3)11(15)13-4-6-16-7-5-13/h8-9H,4-7H2,1-3H3,(H,12,14)/t9-/m0/s1. The Bertz CT molecular complexity index is 260. The fraction of sp³-hybridized carbons (Fsp3) is 0.818. The summed E-state index contributed by atoms with van der Waals surface area (Å²) in [5.41, 5.74) is 0. The van der Waals surface area contributed by atoms with Crippen LogP contribution in [0.1, 0.15) is 20.8 Å². The monoisotopic (exact) mass is 228 g/mol. The van der Waals surface area contributed by atoms with Crippen LogP contribution in [0.3, 0.4) is 0 Å². The first kappa shape index (κ1) is 13.0. The molecule has 1 saturated heterocycles. The van der Waals surface area contributed by atoms with Gasteiger partial charge >= 0.3 is 0 Å². The van der Waals surface area contributed by atoms with Crippen molar-refractivity contribution in [3.8, 4) is 0 Å². The minimum absolute atomic E-state index is 0.0303. The van der Waals surface area contributed by atoms with Crippen molar-refractivity contribution in [2.24, 2.45) is 5.92 Å². The van der Waals surface area contributed by atoms with E-state index in [0.29, 0.717) is 26.3 Å². The highest BCUT2D eigenvalue weighted by atomic mass is 16.5. The van der Waals surface area contributed by atoms with Gasteiger partial charge in [0.2, 0.25) is 11.8 Å². The highest BCUT2D eigenvalue weighted by molar-refractivity contribution is 5.88. The van der Waals surface area contributed by atoms with E-state index in [1.807, 2.05) is 0 Å². The summed E-state index contributed by atoms with van der Waals surface area (Å²) >= 11 is 0. The number of nitrogens with one attached hydrogen (secondary N) is 1. The highest BCUT2D eigenvalue weighted by Crippen LogP contribution is 2.01. The molecule has 5 heteroatoms. The molecule has 0 aliphatic carbocycles. The first-order valence-corrected chi connectivity index (χ1v) is 5.69. The van der Waals surface area contributed by atoms with E-state index in [-0.39, 0.29) is 17.7 Å². The molecule has 0 saturated carbocycles. The zero-order valence-electron chi connectivity index (χ0n) is 10.2.